The van der Waals surface area contributed by atoms with Crippen LogP contribution in [-0.4, -0.2) is 41.2 Å². The van der Waals surface area contributed by atoms with E-state index in [2.05, 4.69) is 21.2 Å². The van der Waals surface area contributed by atoms with E-state index in [4.69, 9.17) is 4.74 Å². The van der Waals surface area contributed by atoms with Crippen molar-refractivity contribution in [1.29, 1.82) is 0 Å². The van der Waals surface area contributed by atoms with E-state index >= 15 is 0 Å². The van der Waals surface area contributed by atoms with Crippen LogP contribution in [0.2, 0.25) is 0 Å². The van der Waals surface area contributed by atoms with Crippen molar-refractivity contribution in [3.63, 3.8) is 0 Å². The Morgan fingerprint density at radius 2 is 1.66 bits per heavy atom. The number of halogens is 1. The fourth-order valence-electron chi connectivity index (χ4n) is 3.85. The van der Waals surface area contributed by atoms with Crippen molar-refractivity contribution >= 4 is 27.9 Å². The lowest BCUT2D eigenvalue weighted by Crippen LogP contribution is -2.46. The van der Waals surface area contributed by atoms with Crippen LogP contribution in [0, 0.1) is 0 Å². The van der Waals surface area contributed by atoms with Gasteiger partial charge in [0.05, 0.1) is 6.54 Å². The van der Waals surface area contributed by atoms with Gasteiger partial charge < -0.3 is 15.2 Å². The topological polar surface area (TPSA) is 78.9 Å². The van der Waals surface area contributed by atoms with Crippen LogP contribution in [0.4, 0.5) is 4.79 Å². The Hall–Kier alpha value is -3.16. The molecule has 32 heavy (non-hydrogen) atoms. The third-order valence-electron chi connectivity index (χ3n) is 5.39. The van der Waals surface area contributed by atoms with Gasteiger partial charge in [-0.2, -0.15) is 0 Å². The number of nitrogens with one attached hydrogen (secondary N) is 1. The first-order valence-electron chi connectivity index (χ1n) is 10.3. The Bertz CT molecular complexity index is 1090. The zero-order valence-corrected chi connectivity index (χ0v) is 18.9. The second-order valence-corrected chi connectivity index (χ2v) is 8.62. The standard InChI is InChI=1S/C25H23BrN2O4/c26-20-12-7-13-22(14-20)32-17-21(29)16-28-23(30)25(27-24(28)31,19-10-5-2-6-11-19)15-18-8-3-1-4-9-18/h1-14,21,29H,15-17H2,(H,27,31)/t21-,25+/m1/s1. The lowest BCUT2D eigenvalue weighted by Gasteiger charge is -2.28. The number of carbonyl (C=O) groups is 2. The molecule has 6 nitrogen and oxygen atoms in total. The zero-order valence-electron chi connectivity index (χ0n) is 17.3. The van der Waals surface area contributed by atoms with Crippen molar-refractivity contribution in [3.05, 3.63) is 101 Å². The molecule has 0 spiro atoms. The van der Waals surface area contributed by atoms with Gasteiger partial charge in [-0.25, -0.2) is 4.79 Å². The molecule has 1 aliphatic rings. The van der Waals surface area contributed by atoms with Gasteiger partial charge in [0.2, 0.25) is 0 Å². The minimum atomic E-state index is -1.23. The number of β-amino-alcohol motifs (C(OH)–C–C–N with tert-alkyl or cyclic N) is 1. The van der Waals surface area contributed by atoms with Crippen molar-refractivity contribution in [2.24, 2.45) is 0 Å². The summed E-state index contributed by atoms with van der Waals surface area (Å²) < 4.78 is 6.47. The summed E-state index contributed by atoms with van der Waals surface area (Å²) in [6.07, 6.45) is -0.726. The highest BCUT2D eigenvalue weighted by atomic mass is 79.9. The van der Waals surface area contributed by atoms with Crippen molar-refractivity contribution in [2.45, 2.75) is 18.1 Å². The smallest absolute Gasteiger partial charge is 0.325 e. The molecule has 1 heterocycles. The third kappa shape index (κ3) is 4.69. The highest BCUT2D eigenvalue weighted by molar-refractivity contribution is 9.10. The molecule has 3 amide bonds. The molecule has 2 atom stereocenters. The van der Waals surface area contributed by atoms with Crippen LogP contribution in [0.5, 0.6) is 5.75 Å². The molecule has 1 fully saturated rings. The zero-order chi connectivity index (χ0) is 22.6. The monoisotopic (exact) mass is 494 g/mol. The molecule has 0 radical (unpaired) electrons. The lowest BCUT2D eigenvalue weighted by atomic mass is 9.83. The van der Waals surface area contributed by atoms with Gasteiger partial charge in [-0.05, 0) is 29.3 Å². The summed E-state index contributed by atoms with van der Waals surface area (Å²) in [5.74, 6) is 0.192. The van der Waals surface area contributed by atoms with Crippen LogP contribution in [-0.2, 0) is 16.8 Å². The number of urea groups is 1. The number of benzene rings is 3. The maximum absolute atomic E-state index is 13.6. The van der Waals surface area contributed by atoms with E-state index in [1.165, 1.54) is 0 Å². The summed E-state index contributed by atoms with van der Waals surface area (Å²) in [5.41, 5.74) is 0.389. The Labute approximate surface area is 195 Å². The normalized spacial score (nSPS) is 19.0. The number of aliphatic hydroxyl groups is 1. The summed E-state index contributed by atoms with van der Waals surface area (Å²) >= 11 is 3.37. The summed E-state index contributed by atoms with van der Waals surface area (Å²) in [6.45, 7) is -0.216. The fourth-order valence-corrected chi connectivity index (χ4v) is 4.23. The molecule has 2 N–H and O–H groups in total. The molecule has 164 valence electrons. The Kier molecular flexibility index (Phi) is 6.58. The molecule has 0 saturated carbocycles. The summed E-state index contributed by atoms with van der Waals surface area (Å²) in [6, 6.07) is 25.5. The Morgan fingerprint density at radius 1 is 0.969 bits per heavy atom. The van der Waals surface area contributed by atoms with Gasteiger partial charge >= 0.3 is 6.03 Å². The van der Waals surface area contributed by atoms with Gasteiger partial charge in [0, 0.05) is 10.9 Å². The number of imide groups is 1. The van der Waals surface area contributed by atoms with E-state index in [-0.39, 0.29) is 19.1 Å². The van der Waals surface area contributed by atoms with Crippen molar-refractivity contribution in [2.75, 3.05) is 13.2 Å². The average molecular weight is 495 g/mol. The Balaban J connectivity index is 1.53. The lowest BCUT2D eigenvalue weighted by molar-refractivity contribution is -0.132. The molecular weight excluding hydrogens is 472 g/mol. The second-order valence-electron chi connectivity index (χ2n) is 7.70. The number of hydrogen-bond acceptors (Lipinski definition) is 4. The van der Waals surface area contributed by atoms with E-state index in [1.807, 2.05) is 72.8 Å². The van der Waals surface area contributed by atoms with Gasteiger partial charge in [-0.3, -0.25) is 9.69 Å². The van der Waals surface area contributed by atoms with Crippen LogP contribution in [0.3, 0.4) is 0 Å². The second kappa shape index (κ2) is 9.54. The van der Waals surface area contributed by atoms with E-state index in [1.54, 1.807) is 12.1 Å². The van der Waals surface area contributed by atoms with E-state index in [0.29, 0.717) is 17.7 Å². The van der Waals surface area contributed by atoms with Crippen LogP contribution in [0.1, 0.15) is 11.1 Å². The van der Waals surface area contributed by atoms with Gasteiger partial charge in [0.15, 0.2) is 5.54 Å². The predicted molar refractivity (Wildman–Crippen MR) is 124 cm³/mol. The number of rotatable bonds is 8. The van der Waals surface area contributed by atoms with Crippen molar-refractivity contribution in [1.82, 2.24) is 10.2 Å². The van der Waals surface area contributed by atoms with Gasteiger partial charge in [-0.1, -0.05) is 82.7 Å². The summed E-state index contributed by atoms with van der Waals surface area (Å²) in [4.78, 5) is 27.5. The first-order valence-corrected chi connectivity index (χ1v) is 11.1. The van der Waals surface area contributed by atoms with Gasteiger partial charge in [-0.15, -0.1) is 0 Å². The van der Waals surface area contributed by atoms with E-state index < -0.39 is 17.7 Å². The molecule has 3 aromatic rings. The van der Waals surface area contributed by atoms with Crippen LogP contribution in [0.25, 0.3) is 0 Å². The largest absolute Gasteiger partial charge is 0.491 e. The van der Waals surface area contributed by atoms with Gasteiger partial charge in [0.1, 0.15) is 18.5 Å². The Morgan fingerprint density at radius 3 is 2.34 bits per heavy atom. The molecule has 0 unspecified atom stereocenters. The number of ether oxygens (including phenoxy) is 1. The summed E-state index contributed by atoms with van der Waals surface area (Å²) in [7, 11) is 0. The number of nitrogens with zero attached hydrogens (tertiary/aromatic N) is 1. The molecule has 0 bridgehead atoms. The molecule has 0 aromatic heterocycles. The van der Waals surface area contributed by atoms with Crippen molar-refractivity contribution in [3.8, 4) is 5.75 Å². The first-order chi connectivity index (χ1) is 15.5. The van der Waals surface area contributed by atoms with Crippen LogP contribution in [0.15, 0.2) is 89.4 Å². The number of hydrogen-bond donors (Lipinski definition) is 2. The van der Waals surface area contributed by atoms with Crippen molar-refractivity contribution < 1.29 is 19.4 Å². The van der Waals surface area contributed by atoms with Gasteiger partial charge in [0.25, 0.3) is 5.91 Å². The molecule has 0 aliphatic carbocycles. The number of amides is 3. The molecule has 3 aromatic carbocycles. The maximum atomic E-state index is 13.6. The molecular formula is C25H23BrN2O4. The van der Waals surface area contributed by atoms with E-state index in [9.17, 15) is 14.7 Å². The van der Waals surface area contributed by atoms with Crippen LogP contribution >= 0.6 is 15.9 Å². The maximum Gasteiger partial charge on any atom is 0.325 e. The first kappa shape index (κ1) is 22.0. The molecule has 4 rings (SSSR count). The molecule has 1 saturated heterocycles. The minimum Gasteiger partial charge on any atom is -0.491 e. The van der Waals surface area contributed by atoms with E-state index in [0.717, 1.165) is 14.9 Å². The molecule has 1 aliphatic heterocycles. The minimum absolute atomic E-state index is 0.0511. The average Bonchev–Trinajstić information content (AvgIpc) is 3.04. The third-order valence-corrected chi connectivity index (χ3v) is 5.88. The number of aliphatic hydroxyl groups excluding tert-OH is 1. The SMILES string of the molecule is O=C1N[C@@](Cc2ccccc2)(c2ccccc2)C(=O)N1C[C@@H](O)COc1cccc(Br)c1. The quantitative estimate of drug-likeness (QED) is 0.465. The predicted octanol–water partition coefficient (Wildman–Crippen LogP) is 3.88. The summed E-state index contributed by atoms with van der Waals surface area (Å²) in [5, 5.41) is 13.4. The highest BCUT2D eigenvalue weighted by Crippen LogP contribution is 2.33. The highest BCUT2D eigenvalue weighted by Gasteiger charge is 2.52. The number of carbonyl (C=O) groups excluding carboxylic acids is 2. The fraction of sp³-hybridized carbons (Fsp3) is 0.200. The molecule has 7 heteroatoms. The van der Waals surface area contributed by atoms with Crippen LogP contribution < -0.4 is 10.1 Å².